The number of benzene rings is 2. The molecule has 0 saturated carbocycles. The van der Waals surface area contributed by atoms with E-state index in [-0.39, 0.29) is 16.6 Å². The van der Waals surface area contributed by atoms with Crippen molar-refractivity contribution in [3.8, 4) is 0 Å². The number of anilines is 1. The lowest BCUT2D eigenvalue weighted by molar-refractivity contribution is -0.384. The van der Waals surface area contributed by atoms with Gasteiger partial charge in [-0.1, -0.05) is 53.7 Å². The zero-order valence-electron chi connectivity index (χ0n) is 14.7. The van der Waals surface area contributed by atoms with Crippen LogP contribution in [0.15, 0.2) is 53.7 Å². The fraction of sp³-hybridized carbons (Fsp3) is 0.176. The molecule has 0 aliphatic rings. The minimum atomic E-state index is -0.553. The number of hydrogen-bond acceptors (Lipinski definition) is 7. The number of halogens is 1. The third-order valence-electron chi connectivity index (χ3n) is 3.75. The van der Waals surface area contributed by atoms with Crippen molar-refractivity contribution in [1.82, 2.24) is 20.2 Å². The number of nitrogens with zero attached hydrogens (tertiary/aromatic N) is 5. The van der Waals surface area contributed by atoms with Gasteiger partial charge in [0, 0.05) is 12.1 Å². The lowest BCUT2D eigenvalue weighted by Gasteiger charge is -2.12. The first-order valence-electron chi connectivity index (χ1n) is 8.15. The predicted molar refractivity (Wildman–Crippen MR) is 105 cm³/mol. The summed E-state index contributed by atoms with van der Waals surface area (Å²) in [5, 5.41) is 25.1. The Morgan fingerprint density at radius 1 is 1.32 bits per heavy atom. The van der Waals surface area contributed by atoms with E-state index in [1.54, 1.807) is 11.6 Å². The van der Waals surface area contributed by atoms with Crippen LogP contribution in [0.5, 0.6) is 0 Å². The molecule has 0 fully saturated rings. The van der Waals surface area contributed by atoms with Crippen LogP contribution in [0.25, 0.3) is 0 Å². The number of nitro groups is 1. The maximum Gasteiger partial charge on any atom is 0.271 e. The topological polar surface area (TPSA) is 116 Å². The fourth-order valence-electron chi connectivity index (χ4n) is 2.30. The second kappa shape index (κ2) is 8.81. The highest BCUT2D eigenvalue weighted by molar-refractivity contribution is 8.00. The number of amides is 1. The minimum Gasteiger partial charge on any atom is -0.324 e. The van der Waals surface area contributed by atoms with Gasteiger partial charge in [0.25, 0.3) is 5.69 Å². The molecule has 1 atom stereocenters. The van der Waals surface area contributed by atoms with Gasteiger partial charge in [-0.15, -0.1) is 5.10 Å². The van der Waals surface area contributed by atoms with Crippen molar-refractivity contribution in [3.05, 3.63) is 69.2 Å². The van der Waals surface area contributed by atoms with Gasteiger partial charge in [-0.25, -0.2) is 4.68 Å². The summed E-state index contributed by atoms with van der Waals surface area (Å²) < 4.78 is 1.61. The van der Waals surface area contributed by atoms with E-state index in [0.717, 1.165) is 5.56 Å². The number of non-ortho nitro benzene ring substituents is 1. The highest BCUT2D eigenvalue weighted by Crippen LogP contribution is 2.28. The normalized spacial score (nSPS) is 11.8. The number of hydrogen-bond donors (Lipinski definition) is 1. The number of tetrazole rings is 1. The molecule has 3 rings (SSSR count). The standard InChI is InChI=1S/C17H15ClN6O3S/c1-11(16(25)19-15-8-7-13(24(26)27)9-14(15)18)28-17-20-21-22-23(17)10-12-5-3-2-4-6-12/h2-9,11H,10H2,1H3,(H,19,25). The van der Waals surface area contributed by atoms with Crippen LogP contribution in [0.2, 0.25) is 5.02 Å². The molecule has 28 heavy (non-hydrogen) atoms. The molecule has 1 heterocycles. The summed E-state index contributed by atoms with van der Waals surface area (Å²) in [4.78, 5) is 22.7. The zero-order chi connectivity index (χ0) is 20.1. The molecule has 1 aromatic heterocycles. The highest BCUT2D eigenvalue weighted by atomic mass is 35.5. The largest absolute Gasteiger partial charge is 0.324 e. The van der Waals surface area contributed by atoms with E-state index < -0.39 is 10.2 Å². The summed E-state index contributed by atoms with van der Waals surface area (Å²) in [7, 11) is 0. The zero-order valence-corrected chi connectivity index (χ0v) is 16.2. The van der Waals surface area contributed by atoms with Crippen molar-refractivity contribution in [2.45, 2.75) is 23.9 Å². The quantitative estimate of drug-likeness (QED) is 0.355. The molecule has 2 aromatic carbocycles. The Hall–Kier alpha value is -2.98. The van der Waals surface area contributed by atoms with Crippen molar-refractivity contribution < 1.29 is 9.72 Å². The molecular weight excluding hydrogens is 404 g/mol. The number of carbonyl (C=O) groups excluding carboxylic acids is 1. The van der Waals surface area contributed by atoms with E-state index >= 15 is 0 Å². The van der Waals surface area contributed by atoms with Crippen molar-refractivity contribution >= 4 is 40.6 Å². The Kier molecular flexibility index (Phi) is 6.22. The minimum absolute atomic E-state index is 0.0914. The van der Waals surface area contributed by atoms with Gasteiger partial charge in [-0.05, 0) is 29.0 Å². The van der Waals surface area contributed by atoms with Gasteiger partial charge >= 0.3 is 0 Å². The van der Waals surface area contributed by atoms with Crippen LogP contribution in [0, 0.1) is 10.1 Å². The van der Waals surface area contributed by atoms with Crippen molar-refractivity contribution in [2.24, 2.45) is 0 Å². The highest BCUT2D eigenvalue weighted by Gasteiger charge is 2.20. The van der Waals surface area contributed by atoms with E-state index in [0.29, 0.717) is 17.4 Å². The van der Waals surface area contributed by atoms with Gasteiger partial charge in [0.15, 0.2) is 0 Å². The summed E-state index contributed by atoms with van der Waals surface area (Å²) in [5.41, 5.74) is 1.19. The first-order valence-corrected chi connectivity index (χ1v) is 9.41. The molecule has 1 unspecified atom stereocenters. The molecular formula is C17H15ClN6O3S. The first-order chi connectivity index (χ1) is 13.4. The predicted octanol–water partition coefficient (Wildman–Crippen LogP) is 3.40. The van der Waals surface area contributed by atoms with Crippen LogP contribution in [0.3, 0.4) is 0 Å². The molecule has 0 saturated heterocycles. The summed E-state index contributed by atoms with van der Waals surface area (Å²) in [6.07, 6.45) is 0. The van der Waals surface area contributed by atoms with Crippen LogP contribution >= 0.6 is 23.4 Å². The second-order valence-corrected chi connectivity index (χ2v) is 7.49. The molecule has 1 amide bonds. The molecule has 9 nitrogen and oxygen atoms in total. The molecule has 11 heteroatoms. The smallest absolute Gasteiger partial charge is 0.271 e. The van der Waals surface area contributed by atoms with Crippen LogP contribution < -0.4 is 5.32 Å². The lowest BCUT2D eigenvalue weighted by atomic mass is 10.2. The third kappa shape index (κ3) is 4.84. The van der Waals surface area contributed by atoms with Gasteiger partial charge in [0.05, 0.1) is 27.4 Å². The maximum absolute atomic E-state index is 12.5. The molecule has 1 N–H and O–H groups in total. The number of nitro benzene ring substituents is 1. The Morgan fingerprint density at radius 2 is 2.07 bits per heavy atom. The maximum atomic E-state index is 12.5. The van der Waals surface area contributed by atoms with Gasteiger partial charge in [0.2, 0.25) is 11.1 Å². The van der Waals surface area contributed by atoms with E-state index in [1.807, 2.05) is 30.3 Å². The summed E-state index contributed by atoms with van der Waals surface area (Å²) in [6, 6.07) is 13.6. The van der Waals surface area contributed by atoms with Crippen molar-refractivity contribution in [3.63, 3.8) is 0 Å². The van der Waals surface area contributed by atoms with Gasteiger partial charge in [0.1, 0.15) is 0 Å². The molecule has 0 spiro atoms. The summed E-state index contributed by atoms with van der Waals surface area (Å²) >= 11 is 7.22. The summed E-state index contributed by atoms with van der Waals surface area (Å²) in [5.74, 6) is -0.324. The Bertz CT molecular complexity index is 998. The number of nitrogens with one attached hydrogen (secondary N) is 1. The molecule has 144 valence electrons. The van der Waals surface area contributed by atoms with Crippen LogP contribution in [0.4, 0.5) is 11.4 Å². The van der Waals surface area contributed by atoms with E-state index in [9.17, 15) is 14.9 Å². The van der Waals surface area contributed by atoms with Crippen molar-refractivity contribution in [2.75, 3.05) is 5.32 Å². The molecule has 0 aliphatic carbocycles. The van der Waals surface area contributed by atoms with E-state index in [2.05, 4.69) is 20.8 Å². The number of thioether (sulfide) groups is 1. The average Bonchev–Trinajstić information content (AvgIpc) is 3.10. The lowest BCUT2D eigenvalue weighted by Crippen LogP contribution is -2.23. The molecule has 0 radical (unpaired) electrons. The Balaban J connectivity index is 1.65. The number of rotatable bonds is 7. The number of carbonyl (C=O) groups is 1. The molecule has 3 aromatic rings. The summed E-state index contributed by atoms with van der Waals surface area (Å²) in [6.45, 7) is 2.19. The SMILES string of the molecule is CC(Sc1nnnn1Cc1ccccc1)C(=O)Nc1ccc([N+](=O)[O-])cc1Cl. The second-order valence-electron chi connectivity index (χ2n) is 5.78. The first kappa shape index (κ1) is 19.8. The monoisotopic (exact) mass is 418 g/mol. The Labute approximate surface area is 169 Å². The molecule has 0 aliphatic heterocycles. The number of aromatic nitrogens is 4. The van der Waals surface area contributed by atoms with Gasteiger partial charge in [-0.3, -0.25) is 14.9 Å². The Morgan fingerprint density at radius 3 is 2.75 bits per heavy atom. The van der Waals surface area contributed by atoms with Crippen LogP contribution in [0.1, 0.15) is 12.5 Å². The van der Waals surface area contributed by atoms with Crippen LogP contribution in [-0.2, 0) is 11.3 Å². The van der Waals surface area contributed by atoms with E-state index in [1.165, 1.54) is 30.0 Å². The van der Waals surface area contributed by atoms with E-state index in [4.69, 9.17) is 11.6 Å². The van der Waals surface area contributed by atoms with Gasteiger partial charge in [-0.2, -0.15) is 0 Å². The third-order valence-corrected chi connectivity index (χ3v) is 5.13. The van der Waals surface area contributed by atoms with Gasteiger partial charge < -0.3 is 5.32 Å². The van der Waals surface area contributed by atoms with Crippen molar-refractivity contribution in [1.29, 1.82) is 0 Å². The van der Waals surface area contributed by atoms with Crippen LogP contribution in [-0.4, -0.2) is 36.3 Å². The fourth-order valence-corrected chi connectivity index (χ4v) is 3.31. The average molecular weight is 419 g/mol. The molecule has 0 bridgehead atoms.